The van der Waals surface area contributed by atoms with Gasteiger partial charge in [-0.2, -0.15) is 11.8 Å². The van der Waals surface area contributed by atoms with Gasteiger partial charge in [0, 0.05) is 12.8 Å². The lowest BCUT2D eigenvalue weighted by atomic mass is 10.1. The summed E-state index contributed by atoms with van der Waals surface area (Å²) in [4.78, 5) is 35.8. The van der Waals surface area contributed by atoms with Crippen LogP contribution in [-0.4, -0.2) is 41.8 Å². The Hall–Kier alpha value is -2.08. The highest BCUT2D eigenvalue weighted by atomic mass is 32.2. The summed E-state index contributed by atoms with van der Waals surface area (Å²) in [5.41, 5.74) is 0.587. The van der Waals surface area contributed by atoms with Crippen molar-refractivity contribution in [1.29, 1.82) is 0 Å². The zero-order valence-corrected chi connectivity index (χ0v) is 12.2. The van der Waals surface area contributed by atoms with E-state index in [0.717, 1.165) is 10.7 Å². The minimum Gasteiger partial charge on any atom is -0.273 e. The van der Waals surface area contributed by atoms with Crippen LogP contribution < -0.4 is 5.32 Å². The molecule has 0 unspecified atom stereocenters. The number of nitrogens with one attached hydrogen (secondary N) is 1. The third-order valence-electron chi connectivity index (χ3n) is 2.50. The van der Waals surface area contributed by atoms with Crippen molar-refractivity contribution in [3.05, 3.63) is 48.1 Å². The standard InChI is InChI=1S/C14H16N2O3S/c1-4-6-10(7-5-8-20-3)9-11-12(17)15-14(19)16(2)13(11)18/h4-7,9H,1,8H2,2-3H3,(H,15,17,19). The Bertz CT molecular complexity index is 533. The summed E-state index contributed by atoms with van der Waals surface area (Å²) in [6, 6.07) is -0.718. The Labute approximate surface area is 122 Å². The molecule has 0 atom stereocenters. The van der Waals surface area contributed by atoms with Crippen LogP contribution in [0.5, 0.6) is 0 Å². The lowest BCUT2D eigenvalue weighted by Gasteiger charge is -2.22. The van der Waals surface area contributed by atoms with Gasteiger partial charge in [-0.25, -0.2) is 4.79 Å². The van der Waals surface area contributed by atoms with Gasteiger partial charge < -0.3 is 0 Å². The van der Waals surface area contributed by atoms with Crippen LogP contribution in [0.3, 0.4) is 0 Å². The molecule has 6 heteroatoms. The van der Waals surface area contributed by atoms with Gasteiger partial charge in [-0.15, -0.1) is 0 Å². The molecule has 20 heavy (non-hydrogen) atoms. The van der Waals surface area contributed by atoms with Crippen molar-refractivity contribution >= 4 is 29.6 Å². The molecular formula is C14H16N2O3S. The van der Waals surface area contributed by atoms with Gasteiger partial charge in [-0.3, -0.25) is 19.8 Å². The zero-order chi connectivity index (χ0) is 15.1. The number of carbonyl (C=O) groups is 3. The molecule has 0 aliphatic carbocycles. The van der Waals surface area contributed by atoms with Gasteiger partial charge in [0.05, 0.1) is 0 Å². The number of imide groups is 2. The van der Waals surface area contributed by atoms with Crippen molar-refractivity contribution in [3.63, 3.8) is 0 Å². The summed E-state index contributed by atoms with van der Waals surface area (Å²) in [5.74, 6) is -0.491. The summed E-state index contributed by atoms with van der Waals surface area (Å²) in [6.45, 7) is 3.59. The van der Waals surface area contributed by atoms with Crippen LogP contribution in [0.4, 0.5) is 4.79 Å². The number of hydrogen-bond donors (Lipinski definition) is 1. The Kier molecular flexibility index (Phi) is 5.99. The Morgan fingerprint density at radius 2 is 2.10 bits per heavy atom. The first-order chi connectivity index (χ1) is 9.51. The number of barbiturate groups is 1. The Morgan fingerprint density at radius 1 is 1.40 bits per heavy atom. The normalized spacial score (nSPS) is 18.9. The van der Waals surface area contributed by atoms with E-state index in [1.807, 2.05) is 12.3 Å². The predicted octanol–water partition coefficient (Wildman–Crippen LogP) is 1.65. The van der Waals surface area contributed by atoms with Crippen molar-refractivity contribution in [2.45, 2.75) is 0 Å². The van der Waals surface area contributed by atoms with E-state index in [0.29, 0.717) is 5.57 Å². The number of rotatable bonds is 5. The van der Waals surface area contributed by atoms with Crippen molar-refractivity contribution in [1.82, 2.24) is 10.2 Å². The average Bonchev–Trinajstić information content (AvgIpc) is 2.41. The summed E-state index contributed by atoms with van der Waals surface area (Å²) in [6.07, 6.45) is 10.4. The first-order valence-electron chi connectivity index (χ1n) is 5.84. The maximum atomic E-state index is 11.9. The van der Waals surface area contributed by atoms with Crippen LogP contribution in [0.1, 0.15) is 0 Å². The van der Waals surface area contributed by atoms with Crippen LogP contribution in [0.25, 0.3) is 0 Å². The zero-order valence-electron chi connectivity index (χ0n) is 11.4. The number of urea groups is 1. The largest absolute Gasteiger partial charge is 0.331 e. The third-order valence-corrected chi connectivity index (χ3v) is 3.03. The van der Waals surface area contributed by atoms with E-state index in [-0.39, 0.29) is 5.57 Å². The number of allylic oxidation sites excluding steroid dienone is 5. The predicted molar refractivity (Wildman–Crippen MR) is 80.2 cm³/mol. The molecule has 0 aromatic heterocycles. The minimum absolute atomic E-state index is 0.0750. The van der Waals surface area contributed by atoms with Crippen LogP contribution >= 0.6 is 11.8 Å². The van der Waals surface area contributed by atoms with Crippen molar-refractivity contribution in [3.8, 4) is 0 Å². The maximum Gasteiger partial charge on any atom is 0.331 e. The molecule has 0 spiro atoms. The second-order valence-electron chi connectivity index (χ2n) is 3.94. The van der Waals surface area contributed by atoms with Gasteiger partial charge in [-0.1, -0.05) is 30.9 Å². The maximum absolute atomic E-state index is 11.9. The van der Waals surface area contributed by atoms with E-state index in [1.165, 1.54) is 13.1 Å². The van der Waals surface area contributed by atoms with Crippen molar-refractivity contribution < 1.29 is 14.4 Å². The molecular weight excluding hydrogens is 276 g/mol. The van der Waals surface area contributed by atoms with E-state index in [4.69, 9.17) is 0 Å². The van der Waals surface area contributed by atoms with E-state index in [9.17, 15) is 14.4 Å². The molecule has 0 aromatic rings. The summed E-state index contributed by atoms with van der Waals surface area (Å²) in [7, 11) is 1.32. The number of amides is 4. The van der Waals surface area contributed by atoms with Crippen LogP contribution in [0, 0.1) is 0 Å². The molecule has 1 aliphatic heterocycles. The quantitative estimate of drug-likeness (QED) is 0.475. The third kappa shape index (κ3) is 3.96. The van der Waals surface area contributed by atoms with Gasteiger partial charge in [0.2, 0.25) is 0 Å². The smallest absolute Gasteiger partial charge is 0.273 e. The van der Waals surface area contributed by atoms with Crippen LogP contribution in [-0.2, 0) is 9.59 Å². The first-order valence-corrected chi connectivity index (χ1v) is 7.24. The molecule has 5 nitrogen and oxygen atoms in total. The lowest BCUT2D eigenvalue weighted by Crippen LogP contribution is -2.52. The Morgan fingerprint density at radius 3 is 2.70 bits per heavy atom. The van der Waals surface area contributed by atoms with Crippen molar-refractivity contribution in [2.24, 2.45) is 0 Å². The SMILES string of the molecule is C=CC=C(C=CCSC)C=C1C(=O)NC(=O)N(C)C1=O. The topological polar surface area (TPSA) is 66.5 Å². The fraction of sp³-hybridized carbons (Fsp3) is 0.214. The number of carbonyl (C=O) groups excluding carboxylic acids is 3. The minimum atomic E-state index is -0.718. The summed E-state index contributed by atoms with van der Waals surface area (Å²) < 4.78 is 0. The molecule has 1 aliphatic rings. The molecule has 1 rings (SSSR count). The summed E-state index contributed by atoms with van der Waals surface area (Å²) in [5, 5.41) is 2.10. The van der Waals surface area contributed by atoms with Crippen LogP contribution in [0.2, 0.25) is 0 Å². The van der Waals surface area contributed by atoms with Gasteiger partial charge in [0.25, 0.3) is 11.8 Å². The molecule has 0 saturated carbocycles. The molecule has 106 valence electrons. The van der Waals surface area contributed by atoms with Gasteiger partial charge in [-0.05, 0) is 17.9 Å². The van der Waals surface area contributed by atoms with Gasteiger partial charge in [0.15, 0.2) is 0 Å². The highest BCUT2D eigenvalue weighted by molar-refractivity contribution is 7.98. The fourth-order valence-electron chi connectivity index (χ4n) is 1.48. The van der Waals surface area contributed by atoms with Gasteiger partial charge in [0.1, 0.15) is 5.57 Å². The molecule has 0 aromatic carbocycles. The van der Waals surface area contributed by atoms with Crippen molar-refractivity contribution in [2.75, 3.05) is 19.1 Å². The van der Waals surface area contributed by atoms with E-state index >= 15 is 0 Å². The second kappa shape index (κ2) is 7.49. The summed E-state index contributed by atoms with van der Waals surface area (Å²) >= 11 is 1.65. The molecule has 1 heterocycles. The monoisotopic (exact) mass is 292 g/mol. The highest BCUT2D eigenvalue weighted by Crippen LogP contribution is 2.12. The Balaban J connectivity index is 3.07. The number of likely N-dealkylation sites (N-methyl/N-ethyl adjacent to an activating group) is 1. The van der Waals surface area contributed by atoms with Gasteiger partial charge >= 0.3 is 6.03 Å². The molecule has 0 bridgehead atoms. The lowest BCUT2D eigenvalue weighted by molar-refractivity contribution is -0.129. The molecule has 0 radical (unpaired) electrons. The molecule has 4 amide bonds. The first kappa shape index (κ1) is 16.0. The second-order valence-corrected chi connectivity index (χ2v) is 4.85. The highest BCUT2D eigenvalue weighted by Gasteiger charge is 2.32. The van der Waals surface area contributed by atoms with E-state index < -0.39 is 17.8 Å². The molecule has 1 N–H and O–H groups in total. The van der Waals surface area contributed by atoms with Crippen LogP contribution in [0.15, 0.2) is 48.1 Å². The van der Waals surface area contributed by atoms with E-state index in [1.54, 1.807) is 30.0 Å². The van der Waals surface area contributed by atoms with E-state index in [2.05, 4.69) is 11.9 Å². The fourth-order valence-corrected chi connectivity index (χ4v) is 1.77. The number of nitrogens with zero attached hydrogens (tertiary/aromatic N) is 1. The molecule has 1 fully saturated rings. The average molecular weight is 292 g/mol. The number of hydrogen-bond acceptors (Lipinski definition) is 4. The number of thioether (sulfide) groups is 1. The molecule has 1 saturated heterocycles.